The van der Waals surface area contributed by atoms with Crippen molar-refractivity contribution in [2.24, 2.45) is 5.73 Å². The van der Waals surface area contributed by atoms with Crippen LogP contribution in [0.4, 0.5) is 5.69 Å². The Labute approximate surface area is 119 Å². The van der Waals surface area contributed by atoms with Crippen LogP contribution in [0.1, 0.15) is 23.1 Å². The van der Waals surface area contributed by atoms with Gasteiger partial charge in [0.1, 0.15) is 0 Å². The molecular weight excluding hydrogens is 248 g/mol. The van der Waals surface area contributed by atoms with E-state index in [1.54, 1.807) is 0 Å². The van der Waals surface area contributed by atoms with E-state index in [4.69, 9.17) is 5.73 Å². The van der Waals surface area contributed by atoms with E-state index in [9.17, 15) is 4.79 Å². The first kappa shape index (κ1) is 14.3. The predicted octanol–water partition coefficient (Wildman–Crippen LogP) is 3.03. The van der Waals surface area contributed by atoms with Crippen molar-refractivity contribution >= 4 is 11.6 Å². The number of nitrogens with two attached hydrogens (primary N) is 1. The van der Waals surface area contributed by atoms with Gasteiger partial charge >= 0.3 is 0 Å². The summed E-state index contributed by atoms with van der Waals surface area (Å²) >= 11 is 0. The Kier molecular flexibility index (Phi) is 4.91. The summed E-state index contributed by atoms with van der Waals surface area (Å²) in [6.45, 7) is 2.54. The van der Waals surface area contributed by atoms with Gasteiger partial charge in [-0.05, 0) is 36.6 Å². The molecule has 3 N–H and O–H groups in total. The van der Waals surface area contributed by atoms with Gasteiger partial charge < -0.3 is 11.1 Å². The lowest BCUT2D eigenvalue weighted by molar-refractivity contribution is -0.116. The number of hydrogen-bond acceptors (Lipinski definition) is 2. The average Bonchev–Trinajstić information content (AvgIpc) is 2.47. The van der Waals surface area contributed by atoms with E-state index in [0.717, 1.165) is 17.7 Å². The second-order valence-corrected chi connectivity index (χ2v) is 4.94. The third-order valence-corrected chi connectivity index (χ3v) is 3.21. The monoisotopic (exact) mass is 268 g/mol. The SMILES string of the molecule is Cc1ccc(CCC(=O)Nc2cccc(CN)c2)cc1. The molecule has 2 aromatic rings. The minimum atomic E-state index is 0.0275. The van der Waals surface area contributed by atoms with Crippen molar-refractivity contribution < 1.29 is 4.79 Å². The smallest absolute Gasteiger partial charge is 0.224 e. The quantitative estimate of drug-likeness (QED) is 0.875. The van der Waals surface area contributed by atoms with E-state index in [1.165, 1.54) is 11.1 Å². The van der Waals surface area contributed by atoms with Gasteiger partial charge in [-0.3, -0.25) is 4.79 Å². The summed E-state index contributed by atoms with van der Waals surface area (Å²) < 4.78 is 0. The molecule has 2 rings (SSSR count). The molecule has 0 atom stereocenters. The largest absolute Gasteiger partial charge is 0.326 e. The molecule has 0 saturated heterocycles. The molecule has 0 bridgehead atoms. The summed E-state index contributed by atoms with van der Waals surface area (Å²) in [5.74, 6) is 0.0275. The van der Waals surface area contributed by atoms with Crippen LogP contribution in [0.3, 0.4) is 0 Å². The van der Waals surface area contributed by atoms with Crippen molar-refractivity contribution in [2.75, 3.05) is 5.32 Å². The maximum Gasteiger partial charge on any atom is 0.224 e. The molecule has 0 aromatic heterocycles. The lowest BCUT2D eigenvalue weighted by atomic mass is 10.1. The minimum Gasteiger partial charge on any atom is -0.326 e. The Balaban J connectivity index is 1.87. The van der Waals surface area contributed by atoms with Crippen LogP contribution in [0.15, 0.2) is 48.5 Å². The highest BCUT2D eigenvalue weighted by Gasteiger charge is 2.03. The molecule has 0 spiro atoms. The van der Waals surface area contributed by atoms with E-state index in [2.05, 4.69) is 36.5 Å². The van der Waals surface area contributed by atoms with Crippen LogP contribution < -0.4 is 11.1 Å². The molecule has 0 aliphatic heterocycles. The fraction of sp³-hybridized carbons (Fsp3) is 0.235. The zero-order chi connectivity index (χ0) is 14.4. The second kappa shape index (κ2) is 6.87. The minimum absolute atomic E-state index is 0.0275. The summed E-state index contributed by atoms with van der Waals surface area (Å²) in [4.78, 5) is 11.9. The van der Waals surface area contributed by atoms with E-state index in [1.807, 2.05) is 24.3 Å². The molecule has 0 heterocycles. The summed E-state index contributed by atoms with van der Waals surface area (Å²) in [6, 6.07) is 15.9. The van der Waals surface area contributed by atoms with Gasteiger partial charge in [-0.25, -0.2) is 0 Å². The fourth-order valence-corrected chi connectivity index (χ4v) is 2.01. The molecule has 1 amide bonds. The summed E-state index contributed by atoms with van der Waals surface area (Å²) in [6.07, 6.45) is 1.23. The van der Waals surface area contributed by atoms with E-state index >= 15 is 0 Å². The van der Waals surface area contributed by atoms with Crippen LogP contribution in [0.5, 0.6) is 0 Å². The average molecular weight is 268 g/mol. The zero-order valence-corrected chi connectivity index (χ0v) is 11.7. The number of benzene rings is 2. The third-order valence-electron chi connectivity index (χ3n) is 3.21. The van der Waals surface area contributed by atoms with Gasteiger partial charge in [0, 0.05) is 18.7 Å². The van der Waals surface area contributed by atoms with Gasteiger partial charge in [-0.15, -0.1) is 0 Å². The van der Waals surface area contributed by atoms with Gasteiger partial charge in [0.25, 0.3) is 0 Å². The second-order valence-electron chi connectivity index (χ2n) is 4.94. The van der Waals surface area contributed by atoms with E-state index in [-0.39, 0.29) is 5.91 Å². The number of anilines is 1. The van der Waals surface area contributed by atoms with Gasteiger partial charge in [-0.2, -0.15) is 0 Å². The number of carbonyl (C=O) groups excluding carboxylic acids is 1. The molecule has 2 aromatic carbocycles. The van der Waals surface area contributed by atoms with E-state index < -0.39 is 0 Å². The fourth-order valence-electron chi connectivity index (χ4n) is 2.01. The normalized spacial score (nSPS) is 10.3. The highest BCUT2D eigenvalue weighted by molar-refractivity contribution is 5.90. The molecular formula is C17H20N2O. The molecule has 3 heteroatoms. The molecule has 0 unspecified atom stereocenters. The van der Waals surface area contributed by atoms with Crippen molar-refractivity contribution in [3.8, 4) is 0 Å². The van der Waals surface area contributed by atoms with E-state index in [0.29, 0.717) is 13.0 Å². The Hall–Kier alpha value is -2.13. The Morgan fingerprint density at radius 3 is 2.55 bits per heavy atom. The number of carbonyl (C=O) groups is 1. The standard InChI is InChI=1S/C17H20N2O/c1-13-5-7-14(8-6-13)9-10-17(20)19-16-4-2-3-15(11-16)12-18/h2-8,11H,9-10,12,18H2,1H3,(H,19,20). The molecule has 0 saturated carbocycles. The molecule has 104 valence electrons. The van der Waals surface area contributed by atoms with Crippen LogP contribution in [0.2, 0.25) is 0 Å². The Bertz CT molecular complexity index is 576. The Morgan fingerprint density at radius 1 is 1.10 bits per heavy atom. The van der Waals surface area contributed by atoms with Crippen LogP contribution in [-0.4, -0.2) is 5.91 Å². The highest BCUT2D eigenvalue weighted by atomic mass is 16.1. The number of amides is 1. The number of aryl methyl sites for hydroxylation is 2. The van der Waals surface area contributed by atoms with Crippen molar-refractivity contribution in [1.29, 1.82) is 0 Å². The highest BCUT2D eigenvalue weighted by Crippen LogP contribution is 2.11. The summed E-state index contributed by atoms with van der Waals surface area (Å²) in [7, 11) is 0. The number of hydrogen-bond donors (Lipinski definition) is 2. The molecule has 0 aliphatic carbocycles. The summed E-state index contributed by atoms with van der Waals surface area (Å²) in [5, 5.41) is 2.90. The van der Waals surface area contributed by atoms with Crippen molar-refractivity contribution in [3.63, 3.8) is 0 Å². The first-order valence-corrected chi connectivity index (χ1v) is 6.82. The lowest BCUT2D eigenvalue weighted by Gasteiger charge is -2.07. The van der Waals surface area contributed by atoms with Crippen LogP contribution >= 0.6 is 0 Å². The first-order chi connectivity index (χ1) is 9.67. The Morgan fingerprint density at radius 2 is 1.85 bits per heavy atom. The molecule has 0 radical (unpaired) electrons. The molecule has 3 nitrogen and oxygen atoms in total. The van der Waals surface area contributed by atoms with Crippen molar-refractivity contribution in [1.82, 2.24) is 0 Å². The molecule has 0 fully saturated rings. The molecule has 0 aliphatic rings. The van der Waals surface area contributed by atoms with Gasteiger partial charge in [-0.1, -0.05) is 42.0 Å². The van der Waals surface area contributed by atoms with Crippen LogP contribution in [-0.2, 0) is 17.8 Å². The van der Waals surface area contributed by atoms with Crippen molar-refractivity contribution in [3.05, 3.63) is 65.2 Å². The van der Waals surface area contributed by atoms with Gasteiger partial charge in [0.2, 0.25) is 5.91 Å². The summed E-state index contributed by atoms with van der Waals surface area (Å²) in [5.41, 5.74) is 9.82. The molecule has 20 heavy (non-hydrogen) atoms. The number of nitrogens with one attached hydrogen (secondary N) is 1. The van der Waals surface area contributed by atoms with Crippen molar-refractivity contribution in [2.45, 2.75) is 26.3 Å². The predicted molar refractivity (Wildman–Crippen MR) is 82.5 cm³/mol. The topological polar surface area (TPSA) is 55.1 Å². The van der Waals surface area contributed by atoms with Crippen LogP contribution in [0.25, 0.3) is 0 Å². The number of rotatable bonds is 5. The van der Waals surface area contributed by atoms with Gasteiger partial charge in [0.05, 0.1) is 0 Å². The maximum atomic E-state index is 11.9. The maximum absolute atomic E-state index is 11.9. The third kappa shape index (κ3) is 4.21. The zero-order valence-electron chi connectivity index (χ0n) is 11.7. The van der Waals surface area contributed by atoms with Gasteiger partial charge in [0.15, 0.2) is 0 Å². The lowest BCUT2D eigenvalue weighted by Crippen LogP contribution is -2.12. The van der Waals surface area contributed by atoms with Crippen LogP contribution in [0, 0.1) is 6.92 Å². The first-order valence-electron chi connectivity index (χ1n) is 6.82.